The van der Waals surface area contributed by atoms with Gasteiger partial charge in [0.1, 0.15) is 29.0 Å². The van der Waals surface area contributed by atoms with Crippen LogP contribution in [0.5, 0.6) is 17.2 Å². The average molecular weight is 497 g/mol. The predicted octanol–water partition coefficient (Wildman–Crippen LogP) is 4.86. The van der Waals surface area contributed by atoms with Gasteiger partial charge in [0, 0.05) is 22.8 Å². The molecule has 2 aromatic carbocycles. The molecule has 3 aromatic rings. The Labute approximate surface area is 208 Å². The molecule has 1 aliphatic heterocycles. The Morgan fingerprint density at radius 3 is 2.40 bits per heavy atom. The van der Waals surface area contributed by atoms with Gasteiger partial charge < -0.3 is 24.2 Å². The fraction of sp³-hybridized carbons (Fsp3) is 0.269. The number of ether oxygens (including phenoxy) is 3. The highest BCUT2D eigenvalue weighted by molar-refractivity contribution is 6.31. The van der Waals surface area contributed by atoms with Gasteiger partial charge in [0.05, 0.1) is 32.9 Å². The van der Waals surface area contributed by atoms with Crippen molar-refractivity contribution in [3.8, 4) is 28.5 Å². The lowest BCUT2D eigenvalue weighted by atomic mass is 10.0. The number of rotatable bonds is 7. The predicted molar refractivity (Wildman–Crippen MR) is 130 cm³/mol. The third-order valence-electron chi connectivity index (χ3n) is 6.15. The molecule has 1 N–H and O–H groups in total. The third kappa shape index (κ3) is 4.61. The summed E-state index contributed by atoms with van der Waals surface area (Å²) in [6.45, 7) is 0. The van der Waals surface area contributed by atoms with Crippen molar-refractivity contribution in [2.24, 2.45) is 0 Å². The molecule has 1 aromatic heterocycles. The van der Waals surface area contributed by atoms with Gasteiger partial charge in [-0.3, -0.25) is 9.78 Å². The van der Waals surface area contributed by atoms with Crippen LogP contribution in [-0.4, -0.2) is 54.2 Å². The molecular formula is C26H25ClN2O6. The second-order valence-corrected chi connectivity index (χ2v) is 8.43. The van der Waals surface area contributed by atoms with Crippen LogP contribution in [0.25, 0.3) is 11.3 Å². The van der Waals surface area contributed by atoms with E-state index in [1.165, 1.54) is 25.3 Å². The van der Waals surface area contributed by atoms with Crippen LogP contribution < -0.4 is 14.2 Å². The first-order chi connectivity index (χ1) is 16.9. The number of likely N-dealkylation sites (tertiary alicyclic amines) is 1. The van der Waals surface area contributed by atoms with Crippen LogP contribution in [0, 0.1) is 0 Å². The molecule has 0 radical (unpaired) electrons. The minimum absolute atomic E-state index is 0.211. The lowest BCUT2D eigenvalue weighted by Crippen LogP contribution is -2.42. The van der Waals surface area contributed by atoms with Crippen LogP contribution in [0.15, 0.2) is 54.7 Å². The molecule has 1 saturated heterocycles. The van der Waals surface area contributed by atoms with Crippen molar-refractivity contribution < 1.29 is 28.9 Å². The molecule has 4 rings (SSSR count). The Kier molecular flexibility index (Phi) is 7.12. The van der Waals surface area contributed by atoms with Gasteiger partial charge in [0.2, 0.25) is 0 Å². The zero-order valence-corrected chi connectivity index (χ0v) is 20.3. The van der Waals surface area contributed by atoms with Crippen molar-refractivity contribution in [2.75, 3.05) is 21.3 Å². The summed E-state index contributed by atoms with van der Waals surface area (Å²) < 4.78 is 16.3. The summed E-state index contributed by atoms with van der Waals surface area (Å²) in [5.41, 5.74) is 2.05. The third-order valence-corrected chi connectivity index (χ3v) is 6.50. The number of hydrogen-bond donors (Lipinski definition) is 1. The quantitative estimate of drug-likeness (QED) is 0.498. The van der Waals surface area contributed by atoms with Crippen molar-refractivity contribution in [2.45, 2.75) is 24.9 Å². The van der Waals surface area contributed by atoms with Crippen molar-refractivity contribution in [1.29, 1.82) is 0 Å². The van der Waals surface area contributed by atoms with Crippen LogP contribution in [0.1, 0.15) is 34.8 Å². The monoisotopic (exact) mass is 496 g/mol. The van der Waals surface area contributed by atoms with Gasteiger partial charge in [-0.25, -0.2) is 4.79 Å². The SMILES string of the molecule is COc1ccc(-c2ncc(C(=O)N3[C@@H](c4ccccc4Cl)CC[C@H]3C(=O)O)cc2OC)c(OC)c1. The van der Waals surface area contributed by atoms with E-state index < -0.39 is 24.0 Å². The van der Waals surface area contributed by atoms with Gasteiger partial charge in [0.15, 0.2) is 0 Å². The molecule has 182 valence electrons. The minimum atomic E-state index is -1.06. The number of carboxylic acids is 1. The molecule has 9 heteroatoms. The number of carboxylic acid groups (broad SMARTS) is 1. The van der Waals surface area contributed by atoms with Gasteiger partial charge >= 0.3 is 5.97 Å². The van der Waals surface area contributed by atoms with E-state index >= 15 is 0 Å². The van der Waals surface area contributed by atoms with Gasteiger partial charge in [-0.15, -0.1) is 0 Å². The number of halogens is 1. The van der Waals surface area contributed by atoms with Gasteiger partial charge in [0.25, 0.3) is 5.91 Å². The summed E-state index contributed by atoms with van der Waals surface area (Å²) in [6.07, 6.45) is 2.23. The Morgan fingerprint density at radius 1 is 1.00 bits per heavy atom. The lowest BCUT2D eigenvalue weighted by Gasteiger charge is -2.29. The highest BCUT2D eigenvalue weighted by Crippen LogP contribution is 2.41. The van der Waals surface area contributed by atoms with Crippen molar-refractivity contribution in [1.82, 2.24) is 9.88 Å². The number of benzene rings is 2. The molecule has 8 nitrogen and oxygen atoms in total. The average Bonchev–Trinajstić information content (AvgIpc) is 3.33. The molecule has 0 bridgehead atoms. The highest BCUT2D eigenvalue weighted by atomic mass is 35.5. The van der Waals surface area contributed by atoms with E-state index in [-0.39, 0.29) is 5.56 Å². The molecule has 0 saturated carbocycles. The van der Waals surface area contributed by atoms with E-state index in [1.54, 1.807) is 43.5 Å². The highest BCUT2D eigenvalue weighted by Gasteiger charge is 2.42. The molecule has 2 heterocycles. The molecule has 0 unspecified atom stereocenters. The molecule has 2 atom stereocenters. The Bertz CT molecular complexity index is 1260. The fourth-order valence-corrected chi connectivity index (χ4v) is 4.71. The first kappa shape index (κ1) is 24.3. The topological polar surface area (TPSA) is 98.2 Å². The van der Waals surface area contributed by atoms with Crippen LogP contribution in [0.3, 0.4) is 0 Å². The summed E-state index contributed by atoms with van der Waals surface area (Å²) in [6, 6.07) is 12.6. The van der Waals surface area contributed by atoms with E-state index in [9.17, 15) is 14.7 Å². The number of pyridine rings is 1. The zero-order valence-electron chi connectivity index (χ0n) is 19.5. The summed E-state index contributed by atoms with van der Waals surface area (Å²) in [5.74, 6) is -0.0276. The number of amides is 1. The van der Waals surface area contributed by atoms with E-state index in [2.05, 4.69) is 4.98 Å². The second-order valence-electron chi connectivity index (χ2n) is 8.02. The molecule has 1 fully saturated rings. The fourth-order valence-electron chi connectivity index (χ4n) is 4.45. The maximum absolute atomic E-state index is 13.7. The second kappa shape index (κ2) is 10.2. The van der Waals surface area contributed by atoms with Gasteiger partial charge in [-0.05, 0) is 42.7 Å². The van der Waals surface area contributed by atoms with Crippen molar-refractivity contribution in [3.05, 3.63) is 70.9 Å². The number of nitrogens with zero attached hydrogens (tertiary/aromatic N) is 2. The van der Waals surface area contributed by atoms with Crippen molar-refractivity contribution in [3.63, 3.8) is 0 Å². The van der Waals surface area contributed by atoms with E-state index in [0.29, 0.717) is 51.9 Å². The first-order valence-corrected chi connectivity index (χ1v) is 11.3. The minimum Gasteiger partial charge on any atom is -0.497 e. The maximum Gasteiger partial charge on any atom is 0.326 e. The summed E-state index contributed by atoms with van der Waals surface area (Å²) in [5, 5.41) is 10.3. The van der Waals surface area contributed by atoms with E-state index in [1.807, 2.05) is 12.1 Å². The van der Waals surface area contributed by atoms with Crippen LogP contribution in [-0.2, 0) is 4.79 Å². The van der Waals surface area contributed by atoms with E-state index in [4.69, 9.17) is 25.8 Å². The maximum atomic E-state index is 13.7. The Balaban J connectivity index is 1.74. The molecule has 0 aliphatic carbocycles. The smallest absolute Gasteiger partial charge is 0.326 e. The van der Waals surface area contributed by atoms with Crippen LogP contribution in [0.2, 0.25) is 5.02 Å². The van der Waals surface area contributed by atoms with Crippen molar-refractivity contribution >= 4 is 23.5 Å². The molecule has 0 spiro atoms. The number of carbonyl (C=O) groups is 2. The molecule has 1 aliphatic rings. The van der Waals surface area contributed by atoms with Crippen LogP contribution >= 0.6 is 11.6 Å². The Hall–Kier alpha value is -3.78. The summed E-state index contributed by atoms with van der Waals surface area (Å²) in [4.78, 5) is 31.5. The zero-order chi connectivity index (χ0) is 25.1. The lowest BCUT2D eigenvalue weighted by molar-refractivity contribution is -0.141. The number of carbonyl (C=O) groups excluding carboxylic acids is 1. The summed E-state index contributed by atoms with van der Waals surface area (Å²) in [7, 11) is 4.58. The number of methoxy groups -OCH3 is 3. The molecule has 35 heavy (non-hydrogen) atoms. The number of hydrogen-bond acceptors (Lipinski definition) is 6. The largest absolute Gasteiger partial charge is 0.497 e. The van der Waals surface area contributed by atoms with Gasteiger partial charge in [-0.1, -0.05) is 29.8 Å². The normalized spacial score (nSPS) is 17.2. The molecule has 1 amide bonds. The summed E-state index contributed by atoms with van der Waals surface area (Å²) >= 11 is 6.40. The standard InChI is InChI=1S/C26H25ClN2O6/c1-33-16-8-9-18(22(13-16)34-2)24-23(35-3)12-15(14-28-24)25(30)29-20(10-11-21(29)26(31)32)17-6-4-5-7-19(17)27/h4-9,12-14,20-21H,10-11H2,1-3H3,(H,31,32)/t20-,21+/m1/s1. The number of aromatic nitrogens is 1. The van der Waals surface area contributed by atoms with E-state index in [0.717, 1.165) is 0 Å². The van der Waals surface area contributed by atoms with Crippen LogP contribution in [0.4, 0.5) is 0 Å². The first-order valence-electron chi connectivity index (χ1n) is 11.0. The van der Waals surface area contributed by atoms with Gasteiger partial charge in [-0.2, -0.15) is 0 Å². The molecular weight excluding hydrogens is 472 g/mol. The Morgan fingerprint density at radius 2 is 1.74 bits per heavy atom. The number of aliphatic carboxylic acids is 1.